The number of nitrogens with zero attached hydrogens (tertiary/aromatic N) is 4. The Morgan fingerprint density at radius 1 is 1.27 bits per heavy atom. The number of hydrogen-bond acceptors (Lipinski definition) is 5. The summed E-state index contributed by atoms with van der Waals surface area (Å²) in [6.07, 6.45) is 4.36. The van der Waals surface area contributed by atoms with Crippen LogP contribution in [-0.4, -0.2) is 67.5 Å². The highest BCUT2D eigenvalue weighted by molar-refractivity contribution is 14.0. The molecule has 0 saturated carbocycles. The highest BCUT2D eigenvalue weighted by Crippen LogP contribution is 2.24. The van der Waals surface area contributed by atoms with Gasteiger partial charge in [0.25, 0.3) is 0 Å². The standard InChI is InChI=1S/C21H35N5O2S.HI/c1-5-22-20(26-12-13-29(27,28)21(3,4)16-26)24-15-18-6-7-19(23-14-18)25-10-8-17(2)9-11-25;/h6-7,14,17H,5,8-13,15-16H2,1-4H3,(H,22,24);1H. The van der Waals surface area contributed by atoms with E-state index in [1.807, 2.05) is 13.1 Å². The Balaban J connectivity index is 0.00000320. The summed E-state index contributed by atoms with van der Waals surface area (Å²) in [5.74, 6) is 2.78. The number of pyridine rings is 1. The van der Waals surface area contributed by atoms with E-state index in [0.29, 0.717) is 19.6 Å². The molecule has 0 unspecified atom stereocenters. The lowest BCUT2D eigenvalue weighted by molar-refractivity contribution is 0.353. The van der Waals surface area contributed by atoms with Gasteiger partial charge in [-0.25, -0.2) is 18.4 Å². The maximum atomic E-state index is 12.3. The van der Waals surface area contributed by atoms with Gasteiger partial charge < -0.3 is 15.1 Å². The summed E-state index contributed by atoms with van der Waals surface area (Å²) in [5.41, 5.74) is 1.05. The minimum atomic E-state index is -3.07. The highest BCUT2D eigenvalue weighted by atomic mass is 127. The second-order valence-electron chi connectivity index (χ2n) is 8.86. The summed E-state index contributed by atoms with van der Waals surface area (Å²) < 4.78 is 23.8. The molecular formula is C21H36IN5O2S. The topological polar surface area (TPSA) is 77.9 Å². The van der Waals surface area contributed by atoms with Crippen LogP contribution in [0.3, 0.4) is 0 Å². The fraction of sp³-hybridized carbons (Fsp3) is 0.714. The molecule has 170 valence electrons. The van der Waals surface area contributed by atoms with Crippen molar-refractivity contribution < 1.29 is 8.42 Å². The van der Waals surface area contributed by atoms with E-state index in [2.05, 4.69) is 39.2 Å². The molecule has 0 spiro atoms. The van der Waals surface area contributed by atoms with Gasteiger partial charge in [-0.3, -0.25) is 0 Å². The van der Waals surface area contributed by atoms with Gasteiger partial charge >= 0.3 is 0 Å². The van der Waals surface area contributed by atoms with Gasteiger partial charge in [0.1, 0.15) is 5.82 Å². The summed E-state index contributed by atoms with van der Waals surface area (Å²) in [5, 5.41) is 3.31. The maximum Gasteiger partial charge on any atom is 0.194 e. The molecule has 0 bridgehead atoms. The largest absolute Gasteiger partial charge is 0.357 e. The van der Waals surface area contributed by atoms with Crippen molar-refractivity contribution >= 4 is 45.6 Å². The van der Waals surface area contributed by atoms with E-state index < -0.39 is 14.6 Å². The van der Waals surface area contributed by atoms with Gasteiger partial charge in [0.15, 0.2) is 15.8 Å². The molecule has 0 radical (unpaired) electrons. The number of hydrogen-bond donors (Lipinski definition) is 1. The van der Waals surface area contributed by atoms with Gasteiger partial charge in [0.05, 0.1) is 17.0 Å². The lowest BCUT2D eigenvalue weighted by Crippen LogP contribution is -2.57. The molecule has 9 heteroatoms. The van der Waals surface area contributed by atoms with Crippen LogP contribution in [0.4, 0.5) is 5.82 Å². The molecule has 0 amide bonds. The average Bonchev–Trinajstić information content (AvgIpc) is 2.68. The Labute approximate surface area is 198 Å². The second kappa shape index (κ2) is 10.5. The second-order valence-corrected chi connectivity index (χ2v) is 11.6. The van der Waals surface area contributed by atoms with Crippen molar-refractivity contribution in [1.82, 2.24) is 15.2 Å². The molecular weight excluding hydrogens is 513 g/mol. The van der Waals surface area contributed by atoms with Crippen LogP contribution in [0, 0.1) is 5.92 Å². The first-order chi connectivity index (χ1) is 13.7. The number of guanidine groups is 1. The molecule has 2 fully saturated rings. The number of piperidine rings is 1. The van der Waals surface area contributed by atoms with Crippen LogP contribution in [0.2, 0.25) is 0 Å². The van der Waals surface area contributed by atoms with E-state index in [0.717, 1.165) is 42.9 Å². The SMILES string of the molecule is CCNC(=NCc1ccc(N2CCC(C)CC2)nc1)N1CCS(=O)(=O)C(C)(C)C1.I. The number of nitrogens with one attached hydrogen (secondary N) is 1. The van der Waals surface area contributed by atoms with E-state index >= 15 is 0 Å². The summed E-state index contributed by atoms with van der Waals surface area (Å²) in [6.45, 7) is 12.3. The van der Waals surface area contributed by atoms with Gasteiger partial charge in [-0.1, -0.05) is 13.0 Å². The third-order valence-electron chi connectivity index (χ3n) is 6.01. The monoisotopic (exact) mass is 549 g/mol. The van der Waals surface area contributed by atoms with Crippen LogP contribution in [0.25, 0.3) is 0 Å². The van der Waals surface area contributed by atoms with E-state index in [1.54, 1.807) is 13.8 Å². The quantitative estimate of drug-likeness (QED) is 0.354. The van der Waals surface area contributed by atoms with Crippen molar-refractivity contribution in [3.05, 3.63) is 23.9 Å². The number of aliphatic imine (C=N–C) groups is 1. The lowest BCUT2D eigenvalue weighted by Gasteiger charge is -2.39. The van der Waals surface area contributed by atoms with Crippen LogP contribution in [-0.2, 0) is 16.4 Å². The Morgan fingerprint density at radius 3 is 2.53 bits per heavy atom. The van der Waals surface area contributed by atoms with Gasteiger partial charge in [-0.2, -0.15) is 0 Å². The van der Waals surface area contributed by atoms with Crippen molar-refractivity contribution in [1.29, 1.82) is 0 Å². The minimum Gasteiger partial charge on any atom is -0.357 e. The molecule has 2 aliphatic rings. The van der Waals surface area contributed by atoms with E-state index in [1.165, 1.54) is 12.8 Å². The molecule has 2 aliphatic heterocycles. The van der Waals surface area contributed by atoms with Crippen molar-refractivity contribution in [2.45, 2.75) is 51.8 Å². The Hall–Kier alpha value is -1.10. The predicted molar refractivity (Wildman–Crippen MR) is 135 cm³/mol. The van der Waals surface area contributed by atoms with Crippen molar-refractivity contribution in [3.63, 3.8) is 0 Å². The van der Waals surface area contributed by atoms with Gasteiger partial charge in [-0.05, 0) is 51.2 Å². The molecule has 1 N–H and O–H groups in total. The van der Waals surface area contributed by atoms with Crippen LogP contribution in [0.15, 0.2) is 23.3 Å². The molecule has 0 atom stereocenters. The Morgan fingerprint density at radius 2 is 1.97 bits per heavy atom. The normalized spacial score (nSPS) is 21.8. The molecule has 7 nitrogen and oxygen atoms in total. The molecule has 1 aromatic rings. The number of anilines is 1. The number of sulfone groups is 1. The summed E-state index contributed by atoms with van der Waals surface area (Å²) in [4.78, 5) is 13.8. The van der Waals surface area contributed by atoms with E-state index in [4.69, 9.17) is 4.99 Å². The smallest absolute Gasteiger partial charge is 0.194 e. The van der Waals surface area contributed by atoms with Crippen LogP contribution in [0.5, 0.6) is 0 Å². The first-order valence-corrected chi connectivity index (χ1v) is 12.3. The van der Waals surface area contributed by atoms with Crippen LogP contribution < -0.4 is 10.2 Å². The first kappa shape index (κ1) is 25.2. The van der Waals surface area contributed by atoms with Crippen LogP contribution >= 0.6 is 24.0 Å². The Bertz CT molecular complexity index is 818. The summed E-state index contributed by atoms with van der Waals surface area (Å²) in [7, 11) is -3.07. The van der Waals surface area contributed by atoms with Crippen molar-refractivity contribution in [2.75, 3.05) is 43.4 Å². The number of halogens is 1. The zero-order valence-electron chi connectivity index (χ0n) is 18.6. The fourth-order valence-electron chi connectivity index (χ4n) is 3.85. The van der Waals surface area contributed by atoms with Gasteiger partial charge in [0, 0.05) is 38.9 Å². The minimum absolute atomic E-state index is 0. The third kappa shape index (κ3) is 5.99. The first-order valence-electron chi connectivity index (χ1n) is 10.7. The number of aromatic nitrogens is 1. The highest BCUT2D eigenvalue weighted by Gasteiger charge is 2.40. The van der Waals surface area contributed by atoms with E-state index in [9.17, 15) is 8.42 Å². The lowest BCUT2D eigenvalue weighted by atomic mass is 9.99. The summed E-state index contributed by atoms with van der Waals surface area (Å²) >= 11 is 0. The van der Waals surface area contributed by atoms with Crippen molar-refractivity contribution in [2.24, 2.45) is 10.9 Å². The predicted octanol–water partition coefficient (Wildman–Crippen LogP) is 2.91. The molecule has 0 aliphatic carbocycles. The number of rotatable bonds is 4. The third-order valence-corrected chi connectivity index (χ3v) is 8.54. The zero-order valence-corrected chi connectivity index (χ0v) is 21.7. The van der Waals surface area contributed by atoms with Gasteiger partial charge in [-0.15, -0.1) is 24.0 Å². The molecule has 30 heavy (non-hydrogen) atoms. The fourth-order valence-corrected chi connectivity index (χ4v) is 5.22. The molecule has 3 heterocycles. The van der Waals surface area contributed by atoms with Crippen LogP contribution in [0.1, 0.15) is 46.1 Å². The van der Waals surface area contributed by atoms with Crippen molar-refractivity contribution in [3.8, 4) is 0 Å². The van der Waals surface area contributed by atoms with Gasteiger partial charge in [0.2, 0.25) is 0 Å². The Kier molecular flexibility index (Phi) is 8.79. The molecule has 2 saturated heterocycles. The average molecular weight is 550 g/mol. The molecule has 1 aromatic heterocycles. The molecule has 3 rings (SSSR count). The maximum absolute atomic E-state index is 12.3. The summed E-state index contributed by atoms with van der Waals surface area (Å²) in [6, 6.07) is 4.18. The zero-order chi connectivity index (χ0) is 21.1. The van der Waals surface area contributed by atoms with E-state index in [-0.39, 0.29) is 29.7 Å². The molecule has 0 aromatic carbocycles.